The fourth-order valence-corrected chi connectivity index (χ4v) is 2.48. The molecule has 4 nitrogen and oxygen atoms in total. The Morgan fingerprint density at radius 3 is 2.05 bits per heavy atom. The molecule has 0 radical (unpaired) electrons. The van der Waals surface area contributed by atoms with Crippen molar-refractivity contribution < 1.29 is 19.8 Å². The molecular formula is C18H32O4. The maximum atomic E-state index is 10.8. The van der Waals surface area contributed by atoms with Crippen molar-refractivity contribution in [1.29, 1.82) is 0 Å². The Kier molecular flexibility index (Phi) is 13.7. The van der Waals surface area contributed by atoms with E-state index in [0.29, 0.717) is 6.42 Å². The lowest BCUT2D eigenvalue weighted by Gasteiger charge is -2.08. The molecule has 0 aromatic heterocycles. The summed E-state index contributed by atoms with van der Waals surface area (Å²) in [5.41, 5.74) is 0. The molecule has 2 N–H and O–H groups in total. The third-order valence-electron chi connectivity index (χ3n) is 3.80. The number of hydrogen-bond acceptors (Lipinski definition) is 2. The van der Waals surface area contributed by atoms with Crippen LogP contribution in [0.15, 0.2) is 12.2 Å². The second-order valence-corrected chi connectivity index (χ2v) is 5.98. The van der Waals surface area contributed by atoms with Gasteiger partial charge in [-0.15, -0.1) is 0 Å². The second kappa shape index (κ2) is 14.6. The largest absolute Gasteiger partial charge is 0.481 e. The molecule has 0 aliphatic rings. The highest BCUT2D eigenvalue weighted by Gasteiger charge is 2.11. The lowest BCUT2D eigenvalue weighted by Crippen LogP contribution is -2.08. The van der Waals surface area contributed by atoms with Crippen LogP contribution < -0.4 is 0 Å². The molecular weight excluding hydrogens is 280 g/mol. The summed E-state index contributed by atoms with van der Waals surface area (Å²) in [6, 6.07) is 0. The SMILES string of the molecule is CCCCCCCCCC/C=C/C(CCC(=O)O)CC(=O)O. The fraction of sp³-hybridized carbons (Fsp3) is 0.778. The molecule has 128 valence electrons. The summed E-state index contributed by atoms with van der Waals surface area (Å²) in [7, 11) is 0. The van der Waals surface area contributed by atoms with Crippen LogP contribution in [0.2, 0.25) is 0 Å². The van der Waals surface area contributed by atoms with E-state index in [1.807, 2.05) is 12.2 Å². The number of unbranched alkanes of at least 4 members (excludes halogenated alkanes) is 8. The van der Waals surface area contributed by atoms with E-state index in [9.17, 15) is 9.59 Å². The number of allylic oxidation sites excluding steroid dienone is 2. The van der Waals surface area contributed by atoms with Gasteiger partial charge in [-0.25, -0.2) is 0 Å². The quantitative estimate of drug-likeness (QED) is 0.328. The van der Waals surface area contributed by atoms with Gasteiger partial charge in [0.25, 0.3) is 0 Å². The van der Waals surface area contributed by atoms with Gasteiger partial charge >= 0.3 is 11.9 Å². The molecule has 0 aliphatic heterocycles. The number of hydrogen-bond donors (Lipinski definition) is 2. The van der Waals surface area contributed by atoms with E-state index in [2.05, 4.69) is 6.92 Å². The third-order valence-corrected chi connectivity index (χ3v) is 3.80. The van der Waals surface area contributed by atoms with Crippen LogP contribution in [0, 0.1) is 5.92 Å². The van der Waals surface area contributed by atoms with Crippen LogP contribution in [-0.4, -0.2) is 22.2 Å². The number of rotatable bonds is 15. The van der Waals surface area contributed by atoms with Gasteiger partial charge in [-0.05, 0) is 25.2 Å². The number of carbonyl (C=O) groups is 2. The van der Waals surface area contributed by atoms with Crippen molar-refractivity contribution in [2.75, 3.05) is 0 Å². The molecule has 0 aromatic carbocycles. The Morgan fingerprint density at radius 1 is 0.909 bits per heavy atom. The predicted molar refractivity (Wildman–Crippen MR) is 89.0 cm³/mol. The van der Waals surface area contributed by atoms with Crippen molar-refractivity contribution in [2.45, 2.75) is 84.0 Å². The van der Waals surface area contributed by atoms with Gasteiger partial charge in [-0.3, -0.25) is 9.59 Å². The van der Waals surface area contributed by atoms with Gasteiger partial charge in [0.2, 0.25) is 0 Å². The van der Waals surface area contributed by atoms with Crippen molar-refractivity contribution in [2.24, 2.45) is 5.92 Å². The highest BCUT2D eigenvalue weighted by molar-refractivity contribution is 5.68. The Balaban J connectivity index is 3.71. The smallest absolute Gasteiger partial charge is 0.303 e. The normalized spacial score (nSPS) is 12.6. The number of carboxylic acid groups (broad SMARTS) is 2. The molecule has 0 saturated carbocycles. The molecule has 0 rings (SSSR count). The van der Waals surface area contributed by atoms with E-state index >= 15 is 0 Å². The Labute approximate surface area is 134 Å². The first-order valence-corrected chi connectivity index (χ1v) is 8.66. The molecule has 0 saturated heterocycles. The Hall–Kier alpha value is -1.32. The summed E-state index contributed by atoms with van der Waals surface area (Å²) in [6.45, 7) is 2.22. The van der Waals surface area contributed by atoms with Gasteiger partial charge in [-0.2, -0.15) is 0 Å². The minimum absolute atomic E-state index is 0.0151. The molecule has 0 fully saturated rings. The van der Waals surface area contributed by atoms with Crippen molar-refractivity contribution >= 4 is 11.9 Å². The second-order valence-electron chi connectivity index (χ2n) is 5.98. The van der Waals surface area contributed by atoms with Crippen LogP contribution >= 0.6 is 0 Å². The van der Waals surface area contributed by atoms with Crippen molar-refractivity contribution in [3.63, 3.8) is 0 Å². The highest BCUT2D eigenvalue weighted by Crippen LogP contribution is 2.15. The van der Waals surface area contributed by atoms with Gasteiger partial charge in [0.05, 0.1) is 6.42 Å². The third kappa shape index (κ3) is 15.1. The summed E-state index contributed by atoms with van der Waals surface area (Å²) in [5, 5.41) is 17.5. The Bertz CT molecular complexity index is 323. The average molecular weight is 312 g/mol. The van der Waals surface area contributed by atoms with Gasteiger partial charge in [0, 0.05) is 6.42 Å². The molecule has 22 heavy (non-hydrogen) atoms. The topological polar surface area (TPSA) is 74.6 Å². The van der Waals surface area contributed by atoms with Gasteiger partial charge < -0.3 is 10.2 Å². The Morgan fingerprint density at radius 2 is 1.50 bits per heavy atom. The molecule has 4 heteroatoms. The highest BCUT2D eigenvalue weighted by atomic mass is 16.4. The van der Waals surface area contributed by atoms with Gasteiger partial charge in [0.1, 0.15) is 0 Å². The van der Waals surface area contributed by atoms with E-state index < -0.39 is 11.9 Å². The average Bonchev–Trinajstić information content (AvgIpc) is 2.45. The van der Waals surface area contributed by atoms with E-state index in [-0.39, 0.29) is 18.8 Å². The van der Waals surface area contributed by atoms with E-state index in [1.165, 1.54) is 44.9 Å². The molecule has 0 heterocycles. The van der Waals surface area contributed by atoms with Crippen LogP contribution in [0.1, 0.15) is 84.0 Å². The maximum absolute atomic E-state index is 10.8. The predicted octanol–water partition coefficient (Wildman–Crippen LogP) is 5.03. The van der Waals surface area contributed by atoms with Gasteiger partial charge in [-0.1, -0.05) is 64.0 Å². The maximum Gasteiger partial charge on any atom is 0.303 e. The zero-order valence-corrected chi connectivity index (χ0v) is 13.9. The van der Waals surface area contributed by atoms with Crippen molar-refractivity contribution in [3.05, 3.63) is 12.2 Å². The molecule has 1 atom stereocenters. The fourth-order valence-electron chi connectivity index (χ4n) is 2.48. The molecule has 0 aliphatic carbocycles. The van der Waals surface area contributed by atoms with E-state index in [4.69, 9.17) is 10.2 Å². The summed E-state index contributed by atoms with van der Waals surface area (Å²) in [5.74, 6) is -1.90. The monoisotopic (exact) mass is 312 g/mol. The van der Waals surface area contributed by atoms with Crippen LogP contribution in [0.5, 0.6) is 0 Å². The lowest BCUT2D eigenvalue weighted by molar-refractivity contribution is -0.140. The minimum atomic E-state index is -0.869. The molecule has 0 amide bonds. The van der Waals surface area contributed by atoms with Crippen molar-refractivity contribution in [1.82, 2.24) is 0 Å². The van der Waals surface area contributed by atoms with Crippen LogP contribution in [-0.2, 0) is 9.59 Å². The van der Waals surface area contributed by atoms with E-state index in [0.717, 1.165) is 12.8 Å². The zero-order chi connectivity index (χ0) is 16.6. The first kappa shape index (κ1) is 20.7. The van der Waals surface area contributed by atoms with Gasteiger partial charge in [0.15, 0.2) is 0 Å². The first-order chi connectivity index (χ1) is 10.6. The number of carboxylic acids is 2. The molecule has 0 spiro atoms. The summed E-state index contributed by atoms with van der Waals surface area (Å²) in [4.78, 5) is 21.3. The van der Waals surface area contributed by atoms with Crippen molar-refractivity contribution in [3.8, 4) is 0 Å². The molecule has 0 aromatic rings. The van der Waals surface area contributed by atoms with E-state index in [1.54, 1.807) is 0 Å². The van der Waals surface area contributed by atoms with Crippen LogP contribution in [0.4, 0.5) is 0 Å². The van der Waals surface area contributed by atoms with Crippen LogP contribution in [0.3, 0.4) is 0 Å². The standard InChI is InChI=1S/C18H32O4/c1-2-3-4-5-6-7-8-9-10-11-12-16(15-18(21)22)13-14-17(19)20/h11-12,16H,2-10,13-15H2,1H3,(H,19,20)(H,21,22)/b12-11+. The summed E-state index contributed by atoms with van der Waals surface area (Å²) < 4.78 is 0. The lowest BCUT2D eigenvalue weighted by atomic mass is 9.98. The molecule has 1 unspecified atom stereocenters. The first-order valence-electron chi connectivity index (χ1n) is 8.66. The number of aliphatic carboxylic acids is 2. The van der Waals surface area contributed by atoms with Crippen LogP contribution in [0.25, 0.3) is 0 Å². The molecule has 0 bridgehead atoms. The summed E-state index contributed by atoms with van der Waals surface area (Å²) in [6.07, 6.45) is 15.5. The minimum Gasteiger partial charge on any atom is -0.481 e. The summed E-state index contributed by atoms with van der Waals surface area (Å²) >= 11 is 0. The zero-order valence-electron chi connectivity index (χ0n) is 13.9.